The van der Waals surface area contributed by atoms with Crippen LogP contribution in [0.25, 0.3) is 0 Å². The molecule has 1 aromatic heterocycles. The minimum absolute atomic E-state index is 0.192. The number of nitrogens with zero attached hydrogens (tertiary/aromatic N) is 2. The second kappa shape index (κ2) is 8.35. The van der Waals surface area contributed by atoms with E-state index < -0.39 is 0 Å². The third-order valence-electron chi connectivity index (χ3n) is 3.26. The molecule has 134 valence electrons. The van der Waals surface area contributed by atoms with Gasteiger partial charge in [-0.1, -0.05) is 23.2 Å². The molecule has 0 fully saturated rings. The summed E-state index contributed by atoms with van der Waals surface area (Å²) in [6.07, 6.45) is 1.56. The lowest BCUT2D eigenvalue weighted by Gasteiger charge is -2.11. The molecule has 26 heavy (non-hydrogen) atoms. The highest BCUT2D eigenvalue weighted by Gasteiger charge is 2.09. The van der Waals surface area contributed by atoms with Crippen LogP contribution in [-0.2, 0) is 6.61 Å². The van der Waals surface area contributed by atoms with E-state index in [1.165, 1.54) is 23.5 Å². The highest BCUT2D eigenvalue weighted by Crippen LogP contribution is 2.26. The molecule has 2 aromatic carbocycles. The van der Waals surface area contributed by atoms with Crippen LogP contribution in [0.3, 0.4) is 0 Å². The number of hydrogen-bond donors (Lipinski definition) is 2. The Labute approximate surface area is 163 Å². The van der Waals surface area contributed by atoms with Crippen molar-refractivity contribution < 1.29 is 9.13 Å². The first-order valence-electron chi connectivity index (χ1n) is 7.37. The van der Waals surface area contributed by atoms with E-state index in [9.17, 15) is 4.39 Å². The van der Waals surface area contributed by atoms with Crippen LogP contribution in [-0.4, -0.2) is 11.2 Å². The van der Waals surface area contributed by atoms with E-state index in [0.717, 1.165) is 5.56 Å². The number of nitrogens with two attached hydrogens (primary N) is 1. The van der Waals surface area contributed by atoms with E-state index in [-0.39, 0.29) is 12.4 Å². The van der Waals surface area contributed by atoms with E-state index >= 15 is 0 Å². The SMILES string of the molecule is Nc1csc(NN=Cc2c(Cl)cc(Cl)cc2COc2ccc(F)cc2)n1. The van der Waals surface area contributed by atoms with Crippen molar-refractivity contribution in [2.45, 2.75) is 6.61 Å². The van der Waals surface area contributed by atoms with Crippen LogP contribution in [0.2, 0.25) is 10.0 Å². The molecule has 0 saturated carbocycles. The van der Waals surface area contributed by atoms with Gasteiger partial charge in [-0.3, -0.25) is 5.43 Å². The maximum absolute atomic E-state index is 13.0. The lowest BCUT2D eigenvalue weighted by Crippen LogP contribution is -2.02. The maximum atomic E-state index is 13.0. The third kappa shape index (κ3) is 4.85. The number of halogens is 3. The second-order valence-corrected chi connectivity index (χ2v) is 6.85. The zero-order valence-electron chi connectivity index (χ0n) is 13.2. The standard InChI is InChI=1S/C17H13Cl2FN4OS/c18-11-5-10(8-25-13-3-1-12(20)2-4-13)14(15(19)6-11)7-22-24-17-23-16(21)9-26-17/h1-7,9H,8,21H2,(H,23,24). The topological polar surface area (TPSA) is 72.5 Å². The van der Waals surface area contributed by atoms with E-state index in [1.54, 1.807) is 35.9 Å². The summed E-state index contributed by atoms with van der Waals surface area (Å²) in [6, 6.07) is 9.10. The lowest BCUT2D eigenvalue weighted by atomic mass is 10.1. The Hall–Kier alpha value is -2.35. The molecule has 9 heteroatoms. The van der Waals surface area contributed by atoms with Crippen LogP contribution >= 0.6 is 34.5 Å². The van der Waals surface area contributed by atoms with Gasteiger partial charge in [0.25, 0.3) is 0 Å². The Morgan fingerprint density at radius 1 is 1.27 bits per heavy atom. The molecule has 0 saturated heterocycles. The van der Waals surface area contributed by atoms with Crippen LogP contribution in [0.15, 0.2) is 46.9 Å². The van der Waals surface area contributed by atoms with Gasteiger partial charge in [0, 0.05) is 21.5 Å². The maximum Gasteiger partial charge on any atom is 0.205 e. The molecule has 3 N–H and O–H groups in total. The predicted octanol–water partition coefficient (Wildman–Crippen LogP) is 5.20. The Kier molecular flexibility index (Phi) is 5.92. The quantitative estimate of drug-likeness (QED) is 0.432. The monoisotopic (exact) mass is 410 g/mol. The molecule has 0 aliphatic rings. The number of nitrogen functional groups attached to an aromatic ring is 1. The normalized spacial score (nSPS) is 11.0. The summed E-state index contributed by atoms with van der Waals surface area (Å²) in [6.45, 7) is 0.192. The van der Waals surface area contributed by atoms with Gasteiger partial charge in [0.2, 0.25) is 5.13 Å². The summed E-state index contributed by atoms with van der Waals surface area (Å²) < 4.78 is 18.6. The Balaban J connectivity index is 1.76. The molecule has 3 aromatic rings. The fourth-order valence-corrected chi connectivity index (χ4v) is 3.22. The first-order chi connectivity index (χ1) is 12.5. The molecule has 5 nitrogen and oxygen atoms in total. The smallest absolute Gasteiger partial charge is 0.205 e. The number of nitrogens with one attached hydrogen (secondary N) is 1. The van der Waals surface area contributed by atoms with Crippen LogP contribution in [0, 0.1) is 5.82 Å². The van der Waals surface area contributed by atoms with Gasteiger partial charge >= 0.3 is 0 Å². The molecular formula is C17H13Cl2FN4OS. The molecule has 0 atom stereocenters. The van der Waals surface area contributed by atoms with Crippen LogP contribution in [0.1, 0.15) is 11.1 Å². The van der Waals surface area contributed by atoms with Gasteiger partial charge in [-0.2, -0.15) is 5.10 Å². The van der Waals surface area contributed by atoms with Crippen LogP contribution in [0.5, 0.6) is 5.75 Å². The average Bonchev–Trinajstić information content (AvgIpc) is 3.01. The fourth-order valence-electron chi connectivity index (χ4n) is 2.08. The number of aromatic nitrogens is 1. The number of rotatable bonds is 6. The van der Waals surface area contributed by atoms with Gasteiger partial charge in [0.05, 0.1) is 11.2 Å². The molecule has 0 amide bonds. The zero-order chi connectivity index (χ0) is 18.5. The Morgan fingerprint density at radius 3 is 2.73 bits per heavy atom. The minimum Gasteiger partial charge on any atom is -0.489 e. The van der Waals surface area contributed by atoms with Crippen molar-refractivity contribution in [1.29, 1.82) is 0 Å². The van der Waals surface area contributed by atoms with Crippen molar-refractivity contribution >= 4 is 51.7 Å². The molecule has 1 heterocycles. The van der Waals surface area contributed by atoms with Crippen molar-refractivity contribution in [3.8, 4) is 5.75 Å². The number of thiazole rings is 1. The summed E-state index contributed by atoms with van der Waals surface area (Å²) in [4.78, 5) is 4.05. The van der Waals surface area contributed by atoms with Crippen molar-refractivity contribution in [2.24, 2.45) is 5.10 Å². The lowest BCUT2D eigenvalue weighted by molar-refractivity contribution is 0.305. The first-order valence-corrected chi connectivity index (χ1v) is 9.01. The highest BCUT2D eigenvalue weighted by atomic mass is 35.5. The summed E-state index contributed by atoms with van der Waals surface area (Å²) >= 11 is 13.7. The summed E-state index contributed by atoms with van der Waals surface area (Å²) in [5.74, 6) is 0.622. The number of anilines is 2. The van der Waals surface area contributed by atoms with Crippen LogP contribution in [0.4, 0.5) is 15.3 Å². The number of ether oxygens (including phenoxy) is 1. The third-order valence-corrected chi connectivity index (χ3v) is 4.56. The zero-order valence-corrected chi connectivity index (χ0v) is 15.6. The van der Waals surface area contributed by atoms with Crippen molar-refractivity contribution in [2.75, 3.05) is 11.2 Å². The van der Waals surface area contributed by atoms with Gasteiger partial charge < -0.3 is 10.5 Å². The molecule has 0 aliphatic carbocycles. The van der Waals surface area contributed by atoms with Gasteiger partial charge in [-0.05, 0) is 36.4 Å². The number of hydrogen-bond acceptors (Lipinski definition) is 6. The Bertz CT molecular complexity index is 931. The molecule has 0 spiro atoms. The molecule has 0 radical (unpaired) electrons. The van der Waals surface area contributed by atoms with Crippen molar-refractivity contribution in [3.63, 3.8) is 0 Å². The largest absolute Gasteiger partial charge is 0.489 e. The fraction of sp³-hybridized carbons (Fsp3) is 0.0588. The summed E-state index contributed by atoms with van der Waals surface area (Å²) in [7, 11) is 0. The second-order valence-electron chi connectivity index (χ2n) is 5.15. The highest BCUT2D eigenvalue weighted by molar-refractivity contribution is 7.14. The van der Waals surface area contributed by atoms with Crippen molar-refractivity contribution in [1.82, 2.24) is 4.98 Å². The average molecular weight is 411 g/mol. The van der Waals surface area contributed by atoms with E-state index in [4.69, 9.17) is 33.7 Å². The molecule has 3 rings (SSSR count). The summed E-state index contributed by atoms with van der Waals surface area (Å²) in [5, 5.41) is 7.30. The van der Waals surface area contributed by atoms with Crippen LogP contribution < -0.4 is 15.9 Å². The minimum atomic E-state index is -0.329. The van der Waals surface area contributed by atoms with E-state index in [1.807, 2.05) is 0 Å². The predicted molar refractivity (Wildman–Crippen MR) is 105 cm³/mol. The van der Waals surface area contributed by atoms with Gasteiger partial charge in [0.15, 0.2) is 0 Å². The van der Waals surface area contributed by atoms with Gasteiger partial charge in [-0.25, -0.2) is 9.37 Å². The van der Waals surface area contributed by atoms with E-state index in [2.05, 4.69) is 15.5 Å². The number of benzene rings is 2. The van der Waals surface area contributed by atoms with Gasteiger partial charge in [0.1, 0.15) is 24.0 Å². The Morgan fingerprint density at radius 2 is 2.04 bits per heavy atom. The molecule has 0 bridgehead atoms. The van der Waals surface area contributed by atoms with Gasteiger partial charge in [-0.15, -0.1) is 11.3 Å². The molecule has 0 aliphatic heterocycles. The molecular weight excluding hydrogens is 398 g/mol. The molecule has 0 unspecified atom stereocenters. The van der Waals surface area contributed by atoms with Crippen molar-refractivity contribution in [3.05, 3.63) is 68.8 Å². The number of hydrazone groups is 1. The van der Waals surface area contributed by atoms with E-state index in [0.29, 0.717) is 32.3 Å². The first kappa shape index (κ1) is 18.4. The summed E-state index contributed by atoms with van der Waals surface area (Å²) in [5.41, 5.74) is 9.73.